The van der Waals surface area contributed by atoms with Gasteiger partial charge in [-0.25, -0.2) is 9.78 Å². The molecule has 0 aliphatic heterocycles. The second kappa shape index (κ2) is 8.35. The van der Waals surface area contributed by atoms with E-state index in [0.29, 0.717) is 11.2 Å². The van der Waals surface area contributed by atoms with E-state index in [1.54, 1.807) is 24.5 Å². The lowest BCUT2D eigenvalue weighted by Gasteiger charge is -2.01. The molecule has 160 valence electrons. The zero-order chi connectivity index (χ0) is 22.8. The van der Waals surface area contributed by atoms with Crippen LogP contribution < -0.4 is 10.8 Å². The summed E-state index contributed by atoms with van der Waals surface area (Å²) in [7, 11) is 1.36. The molecule has 0 radical (unpaired) electrons. The summed E-state index contributed by atoms with van der Waals surface area (Å²) in [4.78, 5) is 40.5. The van der Waals surface area contributed by atoms with E-state index in [-0.39, 0.29) is 11.5 Å². The van der Waals surface area contributed by atoms with E-state index in [1.807, 2.05) is 46.9 Å². The number of nitrogens with zero attached hydrogens (tertiary/aromatic N) is 2. The van der Waals surface area contributed by atoms with Gasteiger partial charge in [0.2, 0.25) is 5.65 Å². The minimum atomic E-state index is -0.833. The van der Waals surface area contributed by atoms with Gasteiger partial charge in [0.25, 0.3) is 11.5 Å². The second-order valence-corrected chi connectivity index (χ2v) is 7.04. The Labute approximate surface area is 181 Å². The van der Waals surface area contributed by atoms with Crippen LogP contribution in [0.1, 0.15) is 22.8 Å². The van der Waals surface area contributed by atoms with Crippen LogP contribution in [0.15, 0.2) is 65.7 Å². The van der Waals surface area contributed by atoms with Gasteiger partial charge in [-0.2, -0.15) is 0 Å². The number of methoxy groups -OCH3 is 1. The van der Waals surface area contributed by atoms with Crippen LogP contribution in [0.4, 0.5) is 0 Å². The Hall–Kier alpha value is -4.46. The highest BCUT2D eigenvalue weighted by Gasteiger charge is 2.14. The van der Waals surface area contributed by atoms with E-state index < -0.39 is 5.97 Å². The number of hydrogen-bond acceptors (Lipinski definition) is 5. The molecule has 0 unspecified atom stereocenters. The van der Waals surface area contributed by atoms with Gasteiger partial charge >= 0.3 is 5.97 Å². The number of imidazole rings is 1. The number of esters is 1. The molecule has 2 heterocycles. The molecule has 2 N–H and O–H groups in total. The third-order valence-electron chi connectivity index (χ3n) is 4.92. The molecule has 0 aliphatic carbocycles. The fourth-order valence-electron chi connectivity index (χ4n) is 3.71. The quantitative estimate of drug-likeness (QED) is 0.417. The molecule has 8 heteroatoms. The Balaban J connectivity index is 0.000000567. The van der Waals surface area contributed by atoms with Crippen molar-refractivity contribution in [2.45, 2.75) is 6.92 Å². The largest absolute Gasteiger partial charge is 0.481 e. The fourth-order valence-corrected chi connectivity index (χ4v) is 3.71. The van der Waals surface area contributed by atoms with Crippen molar-refractivity contribution in [2.75, 3.05) is 7.11 Å². The molecule has 0 spiro atoms. The Morgan fingerprint density at radius 2 is 1.84 bits per heavy atom. The zero-order valence-electron chi connectivity index (χ0n) is 17.3. The summed E-state index contributed by atoms with van der Waals surface area (Å²) in [5.41, 5.74) is 3.10. The monoisotopic (exact) mass is 429 g/mol. The Morgan fingerprint density at radius 3 is 2.56 bits per heavy atom. The molecule has 3 aromatic carbocycles. The first kappa shape index (κ1) is 20.8. The number of benzene rings is 2. The van der Waals surface area contributed by atoms with Crippen LogP contribution in [-0.4, -0.2) is 38.5 Å². The lowest BCUT2D eigenvalue weighted by atomic mass is 10.1. The fraction of sp³-hybridized carbons (Fsp3) is 0.0833. The van der Waals surface area contributed by atoms with E-state index in [4.69, 9.17) is 14.6 Å². The summed E-state index contributed by atoms with van der Waals surface area (Å²) >= 11 is 0. The molecule has 0 atom stereocenters. The van der Waals surface area contributed by atoms with Gasteiger partial charge in [-0.15, -0.1) is 0 Å². The summed E-state index contributed by atoms with van der Waals surface area (Å²) in [5, 5.41) is 10.3. The molecule has 0 amide bonds. The van der Waals surface area contributed by atoms with Crippen LogP contribution in [-0.2, 0) is 9.53 Å². The standard InChI is InChI=1S/C22H15N3O3.C2H4O2/c1-28-22(27)14-6-4-5-13(11-14)12-17-15-7-2-3-8-16(15)18-19(17)25-10-9-23-20(25)21(26)24-18;1-2(3)4/h2-12H,1H3,(H,24,26);1H3,(H,3,4). The number of aliphatic carboxylic acids is 1. The molecule has 0 saturated carbocycles. The lowest BCUT2D eigenvalue weighted by molar-refractivity contribution is -0.134. The third kappa shape index (κ3) is 3.69. The van der Waals surface area contributed by atoms with Crippen molar-refractivity contribution in [2.24, 2.45) is 0 Å². The molecular formula is C24H19N3O5. The van der Waals surface area contributed by atoms with E-state index in [0.717, 1.165) is 39.5 Å². The Bertz CT molecular complexity index is 1590. The van der Waals surface area contributed by atoms with Crippen LogP contribution >= 0.6 is 0 Å². The van der Waals surface area contributed by atoms with Crippen LogP contribution in [0.5, 0.6) is 0 Å². The maximum absolute atomic E-state index is 12.4. The normalized spacial score (nSPS) is 11.5. The predicted octanol–water partition coefficient (Wildman–Crippen LogP) is 2.75. The van der Waals surface area contributed by atoms with Crippen LogP contribution in [0, 0.1) is 0 Å². The van der Waals surface area contributed by atoms with Gasteiger partial charge < -0.3 is 14.8 Å². The maximum Gasteiger partial charge on any atom is 0.337 e. The van der Waals surface area contributed by atoms with Crippen molar-refractivity contribution in [3.05, 3.63) is 87.6 Å². The number of aromatic amines is 1. The minimum absolute atomic E-state index is 0.229. The Kier molecular flexibility index (Phi) is 5.43. The van der Waals surface area contributed by atoms with Crippen LogP contribution in [0.3, 0.4) is 0 Å². The first-order chi connectivity index (χ1) is 15.4. The van der Waals surface area contributed by atoms with Gasteiger partial charge in [-0.05, 0) is 29.2 Å². The van der Waals surface area contributed by atoms with E-state index in [2.05, 4.69) is 9.97 Å². The summed E-state index contributed by atoms with van der Waals surface area (Å²) in [6.45, 7) is 1.08. The minimum Gasteiger partial charge on any atom is -0.481 e. The van der Waals surface area contributed by atoms with Crippen molar-refractivity contribution in [1.82, 2.24) is 14.4 Å². The first-order valence-corrected chi connectivity index (χ1v) is 9.69. The summed E-state index contributed by atoms with van der Waals surface area (Å²) in [6.07, 6.45) is 5.41. The number of rotatable bonds is 2. The summed E-state index contributed by atoms with van der Waals surface area (Å²) in [6, 6.07) is 15.2. The number of carbonyl (C=O) groups is 2. The van der Waals surface area contributed by atoms with E-state index in [1.165, 1.54) is 7.11 Å². The molecular weight excluding hydrogens is 410 g/mol. The molecule has 0 aliphatic rings. The van der Waals surface area contributed by atoms with E-state index in [9.17, 15) is 9.59 Å². The molecule has 8 nitrogen and oxygen atoms in total. The SMILES string of the molecule is CC(=O)O.COC(=O)c1cccc(C=c2c3ccccc3c3[nH]c(=O)c4nccn4c23)c1. The van der Waals surface area contributed by atoms with E-state index >= 15 is 0 Å². The van der Waals surface area contributed by atoms with Crippen LogP contribution in [0.25, 0.3) is 33.5 Å². The molecule has 0 bridgehead atoms. The number of fused-ring (bicyclic) bond motifs is 5. The first-order valence-electron chi connectivity index (χ1n) is 9.69. The Morgan fingerprint density at radius 1 is 1.12 bits per heavy atom. The average molecular weight is 429 g/mol. The number of carboxylic acid groups (broad SMARTS) is 1. The van der Waals surface area contributed by atoms with Crippen molar-refractivity contribution in [1.29, 1.82) is 0 Å². The smallest absolute Gasteiger partial charge is 0.337 e. The number of ether oxygens (including phenoxy) is 1. The van der Waals surface area contributed by atoms with Gasteiger partial charge in [-0.3, -0.25) is 14.0 Å². The van der Waals surface area contributed by atoms with Crippen LogP contribution in [0.2, 0.25) is 0 Å². The van der Waals surface area contributed by atoms with Gasteiger partial charge in [0, 0.05) is 29.9 Å². The number of H-pyrrole nitrogens is 1. The van der Waals surface area contributed by atoms with Gasteiger partial charge in [0.05, 0.1) is 23.7 Å². The predicted molar refractivity (Wildman–Crippen MR) is 121 cm³/mol. The molecule has 0 saturated heterocycles. The molecule has 32 heavy (non-hydrogen) atoms. The van der Waals surface area contributed by atoms with Crippen molar-refractivity contribution < 1.29 is 19.4 Å². The third-order valence-corrected chi connectivity index (χ3v) is 4.92. The number of nitrogens with one attached hydrogen (secondary N) is 1. The highest BCUT2D eigenvalue weighted by Crippen LogP contribution is 2.22. The average Bonchev–Trinajstić information content (AvgIpc) is 3.38. The number of hydrogen-bond donors (Lipinski definition) is 2. The summed E-state index contributed by atoms with van der Waals surface area (Å²) < 4.78 is 6.63. The van der Waals surface area contributed by atoms with Crippen molar-refractivity contribution >= 4 is 45.5 Å². The molecule has 5 aromatic rings. The number of aromatic nitrogens is 3. The molecule has 2 aromatic heterocycles. The highest BCUT2D eigenvalue weighted by molar-refractivity contribution is 6.10. The van der Waals surface area contributed by atoms with Gasteiger partial charge in [-0.1, -0.05) is 36.4 Å². The van der Waals surface area contributed by atoms with Gasteiger partial charge in [0.1, 0.15) is 0 Å². The lowest BCUT2D eigenvalue weighted by Crippen LogP contribution is -2.13. The highest BCUT2D eigenvalue weighted by atomic mass is 16.5. The van der Waals surface area contributed by atoms with Crippen molar-refractivity contribution in [3.63, 3.8) is 0 Å². The number of carbonyl (C=O) groups excluding carboxylic acids is 1. The number of carboxylic acids is 1. The zero-order valence-corrected chi connectivity index (χ0v) is 17.3. The summed E-state index contributed by atoms with van der Waals surface area (Å²) in [5.74, 6) is -1.21. The maximum atomic E-state index is 12.4. The van der Waals surface area contributed by atoms with Crippen molar-refractivity contribution in [3.8, 4) is 0 Å². The second-order valence-electron chi connectivity index (χ2n) is 7.04. The van der Waals surface area contributed by atoms with Gasteiger partial charge in [0.15, 0.2) is 0 Å². The molecule has 0 fully saturated rings. The molecule has 5 rings (SSSR count). The topological polar surface area (TPSA) is 114 Å².